The second-order valence-electron chi connectivity index (χ2n) is 4.53. The number of hydrogen-bond acceptors (Lipinski definition) is 5. The Labute approximate surface area is 123 Å². The summed E-state index contributed by atoms with van der Waals surface area (Å²) in [7, 11) is 0. The number of carbonyl (C=O) groups is 1. The fourth-order valence-corrected chi connectivity index (χ4v) is 1.79. The van der Waals surface area contributed by atoms with Crippen molar-refractivity contribution in [2.45, 2.75) is 19.5 Å². The number of rotatable bonds is 3. The predicted molar refractivity (Wildman–Crippen MR) is 80.7 cm³/mol. The van der Waals surface area contributed by atoms with Crippen LogP contribution >= 0.6 is 0 Å². The Morgan fingerprint density at radius 1 is 0.857 bits per heavy atom. The summed E-state index contributed by atoms with van der Waals surface area (Å²) < 4.78 is 0. The molecule has 3 rings (SSSR count). The molecule has 1 aliphatic rings. The standard InChI is InChI=1S/C12H10.C4H6N4O/c1-3-7-11(8-4-1)12-9-5-2-6-10-12;1-3(9)2-4-5-7-8-6-4/h1-10H;4H,2H2,1H3. The first-order chi connectivity index (χ1) is 10.3. The van der Waals surface area contributed by atoms with Gasteiger partial charge in [0.15, 0.2) is 6.17 Å². The molecule has 106 valence electrons. The molecule has 0 saturated heterocycles. The Morgan fingerprint density at radius 3 is 1.67 bits per heavy atom. The number of carbonyl (C=O) groups excluding carboxylic acids is 1. The summed E-state index contributed by atoms with van der Waals surface area (Å²) >= 11 is 0. The molecule has 0 aliphatic carbocycles. The van der Waals surface area contributed by atoms with E-state index in [2.05, 4.69) is 69.2 Å². The van der Waals surface area contributed by atoms with Gasteiger partial charge in [-0.3, -0.25) is 4.79 Å². The minimum absolute atomic E-state index is 0.0554. The van der Waals surface area contributed by atoms with Gasteiger partial charge in [-0.15, -0.1) is 10.2 Å². The van der Waals surface area contributed by atoms with Crippen molar-refractivity contribution in [3.8, 4) is 11.1 Å². The summed E-state index contributed by atoms with van der Waals surface area (Å²) in [5.74, 6) is 0.0554. The first kappa shape index (κ1) is 14.7. The lowest BCUT2D eigenvalue weighted by Crippen LogP contribution is -2.02. The Hall–Kier alpha value is -2.69. The molecule has 0 radical (unpaired) electrons. The van der Waals surface area contributed by atoms with Crippen LogP contribution in [0.3, 0.4) is 0 Å². The topological polar surface area (TPSA) is 66.5 Å². The van der Waals surface area contributed by atoms with Gasteiger partial charge < -0.3 is 0 Å². The van der Waals surface area contributed by atoms with Gasteiger partial charge in [0, 0.05) is 0 Å². The van der Waals surface area contributed by atoms with Crippen molar-refractivity contribution in [1.82, 2.24) is 0 Å². The second-order valence-corrected chi connectivity index (χ2v) is 4.53. The van der Waals surface area contributed by atoms with E-state index in [4.69, 9.17) is 0 Å². The minimum atomic E-state index is -0.345. The molecule has 0 amide bonds. The summed E-state index contributed by atoms with van der Waals surface area (Å²) in [6.07, 6.45) is -0.0324. The number of hydrogen-bond donors (Lipinski definition) is 0. The highest BCUT2D eigenvalue weighted by Gasteiger charge is 2.10. The highest BCUT2D eigenvalue weighted by molar-refractivity contribution is 5.76. The highest BCUT2D eigenvalue weighted by Crippen LogP contribution is 2.17. The molecule has 0 fully saturated rings. The van der Waals surface area contributed by atoms with Crippen LogP contribution in [-0.4, -0.2) is 11.9 Å². The van der Waals surface area contributed by atoms with Gasteiger partial charge in [0.25, 0.3) is 0 Å². The molecule has 0 N–H and O–H groups in total. The van der Waals surface area contributed by atoms with Crippen LogP contribution in [0, 0.1) is 0 Å². The van der Waals surface area contributed by atoms with Crippen LogP contribution in [0.5, 0.6) is 0 Å². The van der Waals surface area contributed by atoms with Crippen molar-refractivity contribution in [3.63, 3.8) is 0 Å². The van der Waals surface area contributed by atoms with Gasteiger partial charge >= 0.3 is 0 Å². The van der Waals surface area contributed by atoms with Crippen LogP contribution in [0.2, 0.25) is 0 Å². The third-order valence-electron chi connectivity index (χ3n) is 2.76. The fraction of sp³-hybridized carbons (Fsp3) is 0.188. The van der Waals surface area contributed by atoms with Gasteiger partial charge in [0.1, 0.15) is 5.78 Å². The smallest absolute Gasteiger partial charge is 0.192 e. The molecule has 0 spiro atoms. The fourth-order valence-electron chi connectivity index (χ4n) is 1.79. The molecular formula is C16H16N4O. The normalized spacial score (nSPS) is 12.8. The zero-order valence-electron chi connectivity index (χ0n) is 11.8. The Bertz CT molecular complexity index is 574. The lowest BCUT2D eigenvalue weighted by atomic mass is 10.1. The quantitative estimate of drug-likeness (QED) is 0.817. The third kappa shape index (κ3) is 5.06. The van der Waals surface area contributed by atoms with Gasteiger partial charge in [0.05, 0.1) is 6.42 Å². The Balaban J connectivity index is 0.000000161. The molecule has 2 aromatic carbocycles. The summed E-state index contributed by atoms with van der Waals surface area (Å²) in [6, 6.07) is 20.8. The monoisotopic (exact) mass is 280 g/mol. The van der Waals surface area contributed by atoms with E-state index in [9.17, 15) is 4.79 Å². The molecule has 0 atom stereocenters. The van der Waals surface area contributed by atoms with Crippen molar-refractivity contribution < 1.29 is 4.79 Å². The van der Waals surface area contributed by atoms with Crippen molar-refractivity contribution in [2.24, 2.45) is 20.7 Å². The van der Waals surface area contributed by atoms with E-state index in [0.717, 1.165) is 0 Å². The lowest BCUT2D eigenvalue weighted by Gasteiger charge is -1.98. The molecule has 2 aromatic rings. The SMILES string of the molecule is CC(=O)CC1N=NN=N1.c1ccc(-c2ccccc2)cc1. The van der Waals surface area contributed by atoms with E-state index >= 15 is 0 Å². The zero-order valence-corrected chi connectivity index (χ0v) is 11.8. The molecule has 0 aromatic heterocycles. The van der Waals surface area contributed by atoms with Gasteiger partial charge in [-0.1, -0.05) is 60.7 Å². The van der Waals surface area contributed by atoms with Crippen molar-refractivity contribution >= 4 is 5.78 Å². The maximum atomic E-state index is 10.4. The summed E-state index contributed by atoms with van der Waals surface area (Å²) in [5.41, 5.74) is 2.55. The van der Waals surface area contributed by atoms with E-state index in [1.54, 1.807) is 0 Å². The van der Waals surface area contributed by atoms with Crippen molar-refractivity contribution in [1.29, 1.82) is 0 Å². The molecule has 21 heavy (non-hydrogen) atoms. The van der Waals surface area contributed by atoms with E-state index in [1.165, 1.54) is 18.1 Å². The zero-order chi connectivity index (χ0) is 14.9. The van der Waals surface area contributed by atoms with Gasteiger partial charge in [0.2, 0.25) is 0 Å². The summed E-state index contributed by atoms with van der Waals surface area (Å²) in [6.45, 7) is 1.49. The van der Waals surface area contributed by atoms with E-state index in [0.29, 0.717) is 6.42 Å². The Morgan fingerprint density at radius 2 is 1.29 bits per heavy atom. The largest absolute Gasteiger partial charge is 0.300 e. The molecule has 0 saturated carbocycles. The van der Waals surface area contributed by atoms with Crippen LogP contribution in [0.15, 0.2) is 81.3 Å². The average Bonchev–Trinajstić information content (AvgIpc) is 3.02. The third-order valence-corrected chi connectivity index (χ3v) is 2.76. The van der Waals surface area contributed by atoms with E-state index < -0.39 is 0 Å². The lowest BCUT2D eigenvalue weighted by molar-refractivity contribution is -0.117. The summed E-state index contributed by atoms with van der Waals surface area (Å²) in [5, 5.41) is 13.6. The maximum Gasteiger partial charge on any atom is 0.192 e. The molecule has 5 nitrogen and oxygen atoms in total. The van der Waals surface area contributed by atoms with Crippen molar-refractivity contribution in [2.75, 3.05) is 0 Å². The first-order valence-corrected chi connectivity index (χ1v) is 6.65. The molecular weight excluding hydrogens is 264 g/mol. The van der Waals surface area contributed by atoms with E-state index in [-0.39, 0.29) is 11.9 Å². The predicted octanol–water partition coefficient (Wildman–Crippen LogP) is 4.48. The van der Waals surface area contributed by atoms with Crippen LogP contribution in [-0.2, 0) is 4.79 Å². The summed E-state index contributed by atoms with van der Waals surface area (Å²) in [4.78, 5) is 10.4. The van der Waals surface area contributed by atoms with Crippen LogP contribution in [0.25, 0.3) is 11.1 Å². The van der Waals surface area contributed by atoms with Gasteiger partial charge in [-0.05, 0) is 28.5 Å². The average molecular weight is 280 g/mol. The maximum absolute atomic E-state index is 10.4. The number of Topliss-reactive ketones (excluding diaryl/α,β-unsaturated/α-hetero) is 1. The Kier molecular flexibility index (Phi) is 5.46. The molecule has 1 aliphatic heterocycles. The minimum Gasteiger partial charge on any atom is -0.300 e. The molecule has 0 unspecified atom stereocenters. The van der Waals surface area contributed by atoms with Crippen LogP contribution < -0.4 is 0 Å². The second kappa shape index (κ2) is 7.79. The van der Waals surface area contributed by atoms with Gasteiger partial charge in [-0.2, -0.15) is 0 Å². The molecule has 0 bridgehead atoms. The molecule has 5 heteroatoms. The number of nitrogens with zero attached hydrogens (tertiary/aromatic N) is 4. The highest BCUT2D eigenvalue weighted by atomic mass is 16.1. The van der Waals surface area contributed by atoms with Crippen LogP contribution in [0.1, 0.15) is 13.3 Å². The number of ketones is 1. The molecule has 1 heterocycles. The van der Waals surface area contributed by atoms with Gasteiger partial charge in [-0.25, -0.2) is 0 Å². The number of benzene rings is 2. The van der Waals surface area contributed by atoms with Crippen molar-refractivity contribution in [3.05, 3.63) is 60.7 Å². The first-order valence-electron chi connectivity index (χ1n) is 6.65. The van der Waals surface area contributed by atoms with E-state index in [1.807, 2.05) is 12.1 Å². The van der Waals surface area contributed by atoms with Crippen LogP contribution in [0.4, 0.5) is 0 Å².